The van der Waals surface area contributed by atoms with Crippen molar-refractivity contribution in [2.24, 2.45) is 0 Å². The minimum atomic E-state index is -0.341. The quantitative estimate of drug-likeness (QED) is 0.350. The molecule has 0 bridgehead atoms. The Labute approximate surface area is 174 Å². The molecule has 29 heavy (non-hydrogen) atoms. The summed E-state index contributed by atoms with van der Waals surface area (Å²) < 4.78 is 27.1. The predicted octanol–water partition coefficient (Wildman–Crippen LogP) is 3.63. The number of carbonyl (C=O) groups excluding carboxylic acids is 1. The molecule has 1 aromatic rings. The van der Waals surface area contributed by atoms with Crippen LogP contribution in [0, 0.1) is 0 Å². The van der Waals surface area contributed by atoms with E-state index in [1.165, 1.54) is 0 Å². The largest absolute Gasteiger partial charge is 0.460 e. The molecule has 7 nitrogen and oxygen atoms in total. The SMILES string of the molecule is CCCCNc1ccc(C(=O)OCCOCCOCCOC2CCCCO2)cc1. The first-order valence-corrected chi connectivity index (χ1v) is 10.7. The lowest BCUT2D eigenvalue weighted by atomic mass is 10.2. The highest BCUT2D eigenvalue weighted by atomic mass is 16.7. The van der Waals surface area contributed by atoms with Crippen LogP contribution >= 0.6 is 0 Å². The average molecular weight is 410 g/mol. The summed E-state index contributed by atoms with van der Waals surface area (Å²) in [6, 6.07) is 7.33. The van der Waals surface area contributed by atoms with Crippen molar-refractivity contribution in [3.05, 3.63) is 29.8 Å². The van der Waals surface area contributed by atoms with Gasteiger partial charge >= 0.3 is 5.97 Å². The molecule has 1 aromatic carbocycles. The molecule has 1 fully saturated rings. The Morgan fingerprint density at radius 1 is 1.03 bits per heavy atom. The number of unbranched alkanes of at least 4 members (excludes halogenated alkanes) is 1. The Morgan fingerprint density at radius 2 is 1.76 bits per heavy atom. The van der Waals surface area contributed by atoms with Crippen LogP contribution < -0.4 is 5.32 Å². The molecule has 164 valence electrons. The van der Waals surface area contributed by atoms with Crippen LogP contribution in [0.4, 0.5) is 5.69 Å². The highest BCUT2D eigenvalue weighted by Gasteiger charge is 2.13. The van der Waals surface area contributed by atoms with Crippen LogP contribution in [0.2, 0.25) is 0 Å². The fourth-order valence-electron chi connectivity index (χ4n) is 2.81. The minimum Gasteiger partial charge on any atom is -0.460 e. The van der Waals surface area contributed by atoms with Gasteiger partial charge in [0.15, 0.2) is 6.29 Å². The summed E-state index contributed by atoms with van der Waals surface area (Å²) in [5.41, 5.74) is 1.55. The van der Waals surface area contributed by atoms with Crippen LogP contribution in [0.15, 0.2) is 24.3 Å². The van der Waals surface area contributed by atoms with Crippen LogP contribution in [0.3, 0.4) is 0 Å². The van der Waals surface area contributed by atoms with Gasteiger partial charge in [-0.3, -0.25) is 0 Å². The minimum absolute atomic E-state index is 0.0770. The number of nitrogens with one attached hydrogen (secondary N) is 1. The number of ether oxygens (including phenoxy) is 5. The molecule has 7 heteroatoms. The van der Waals surface area contributed by atoms with Crippen LogP contribution in [-0.2, 0) is 23.7 Å². The number of carbonyl (C=O) groups is 1. The van der Waals surface area contributed by atoms with E-state index in [4.69, 9.17) is 23.7 Å². The molecule has 1 saturated heterocycles. The van der Waals surface area contributed by atoms with E-state index in [2.05, 4.69) is 12.2 Å². The van der Waals surface area contributed by atoms with Crippen molar-refractivity contribution in [2.45, 2.75) is 45.3 Å². The normalized spacial score (nSPS) is 16.5. The third-order valence-corrected chi connectivity index (χ3v) is 4.48. The zero-order valence-electron chi connectivity index (χ0n) is 17.5. The van der Waals surface area contributed by atoms with Crippen molar-refractivity contribution in [3.8, 4) is 0 Å². The molecule has 1 heterocycles. The molecule has 1 atom stereocenters. The van der Waals surface area contributed by atoms with E-state index in [0.29, 0.717) is 38.6 Å². The van der Waals surface area contributed by atoms with Crippen molar-refractivity contribution in [1.29, 1.82) is 0 Å². The maximum Gasteiger partial charge on any atom is 0.338 e. The standard InChI is InChI=1S/C22H35NO6/c1-2-3-11-23-20-9-7-19(8-10-20)22(24)29-18-16-26-14-13-25-15-17-28-21-6-4-5-12-27-21/h7-10,21,23H,2-6,11-18H2,1H3. The fourth-order valence-corrected chi connectivity index (χ4v) is 2.81. The average Bonchev–Trinajstić information content (AvgIpc) is 2.76. The van der Waals surface area contributed by atoms with Gasteiger partial charge in [-0.05, 0) is 49.9 Å². The molecule has 0 radical (unpaired) electrons. The lowest BCUT2D eigenvalue weighted by Gasteiger charge is -2.22. The topological polar surface area (TPSA) is 75.3 Å². The third kappa shape index (κ3) is 10.6. The number of esters is 1. The summed E-state index contributed by atoms with van der Waals surface area (Å²) in [6.07, 6.45) is 5.43. The number of anilines is 1. The second kappa shape index (κ2) is 15.2. The summed E-state index contributed by atoms with van der Waals surface area (Å²) in [5.74, 6) is -0.341. The van der Waals surface area contributed by atoms with Crippen LogP contribution in [0.5, 0.6) is 0 Å². The summed E-state index contributed by atoms with van der Waals surface area (Å²) in [4.78, 5) is 12.0. The van der Waals surface area contributed by atoms with Gasteiger partial charge in [-0.2, -0.15) is 0 Å². The van der Waals surface area contributed by atoms with E-state index in [9.17, 15) is 4.79 Å². The van der Waals surface area contributed by atoms with Crippen LogP contribution in [0.25, 0.3) is 0 Å². The second-order valence-corrected chi connectivity index (χ2v) is 6.89. The first kappa shape index (κ1) is 23.6. The van der Waals surface area contributed by atoms with Gasteiger partial charge in [-0.25, -0.2) is 4.79 Å². The van der Waals surface area contributed by atoms with Gasteiger partial charge in [0.2, 0.25) is 0 Å². The Balaban J connectivity index is 1.42. The summed E-state index contributed by atoms with van der Waals surface area (Å²) in [7, 11) is 0. The fraction of sp³-hybridized carbons (Fsp3) is 0.682. The lowest BCUT2D eigenvalue weighted by Crippen LogP contribution is -2.24. The molecule has 1 aliphatic rings. The lowest BCUT2D eigenvalue weighted by molar-refractivity contribution is -0.169. The third-order valence-electron chi connectivity index (χ3n) is 4.48. The maximum absolute atomic E-state index is 12.0. The van der Waals surface area contributed by atoms with E-state index in [0.717, 1.165) is 50.9 Å². The van der Waals surface area contributed by atoms with E-state index < -0.39 is 0 Å². The maximum atomic E-state index is 12.0. The highest BCUT2D eigenvalue weighted by molar-refractivity contribution is 5.89. The first-order valence-electron chi connectivity index (χ1n) is 10.7. The van der Waals surface area contributed by atoms with Crippen molar-refractivity contribution >= 4 is 11.7 Å². The van der Waals surface area contributed by atoms with Crippen molar-refractivity contribution < 1.29 is 28.5 Å². The van der Waals surface area contributed by atoms with Gasteiger partial charge in [0.25, 0.3) is 0 Å². The summed E-state index contributed by atoms with van der Waals surface area (Å²) >= 11 is 0. The van der Waals surface area contributed by atoms with E-state index >= 15 is 0 Å². The predicted molar refractivity (Wildman–Crippen MR) is 111 cm³/mol. The highest BCUT2D eigenvalue weighted by Crippen LogP contribution is 2.13. The molecule has 1 N–H and O–H groups in total. The molecule has 0 aromatic heterocycles. The van der Waals surface area contributed by atoms with Gasteiger partial charge in [-0.1, -0.05) is 13.3 Å². The molecule has 0 spiro atoms. The van der Waals surface area contributed by atoms with E-state index in [-0.39, 0.29) is 18.9 Å². The number of hydrogen-bond donors (Lipinski definition) is 1. The monoisotopic (exact) mass is 409 g/mol. The van der Waals surface area contributed by atoms with Crippen LogP contribution in [-0.4, -0.2) is 65.1 Å². The zero-order chi connectivity index (χ0) is 20.6. The summed E-state index contributed by atoms with van der Waals surface area (Å²) in [5, 5.41) is 3.31. The van der Waals surface area contributed by atoms with Gasteiger partial charge in [0, 0.05) is 18.8 Å². The van der Waals surface area contributed by atoms with E-state index in [1.54, 1.807) is 12.1 Å². The number of rotatable bonds is 15. The van der Waals surface area contributed by atoms with Gasteiger partial charge in [0.05, 0.1) is 38.6 Å². The van der Waals surface area contributed by atoms with Crippen molar-refractivity contribution in [3.63, 3.8) is 0 Å². The molecule has 2 rings (SSSR count). The van der Waals surface area contributed by atoms with Gasteiger partial charge < -0.3 is 29.0 Å². The van der Waals surface area contributed by atoms with Gasteiger partial charge in [-0.15, -0.1) is 0 Å². The van der Waals surface area contributed by atoms with E-state index in [1.807, 2.05) is 12.1 Å². The van der Waals surface area contributed by atoms with Gasteiger partial charge in [0.1, 0.15) is 6.61 Å². The number of benzene rings is 1. The van der Waals surface area contributed by atoms with Crippen LogP contribution in [0.1, 0.15) is 49.4 Å². The smallest absolute Gasteiger partial charge is 0.338 e. The molecule has 0 aliphatic carbocycles. The first-order chi connectivity index (χ1) is 14.3. The molecule has 0 amide bonds. The number of hydrogen-bond acceptors (Lipinski definition) is 7. The second-order valence-electron chi connectivity index (χ2n) is 6.89. The zero-order valence-corrected chi connectivity index (χ0v) is 17.5. The van der Waals surface area contributed by atoms with Crippen molar-refractivity contribution in [2.75, 3.05) is 58.1 Å². The molecule has 1 unspecified atom stereocenters. The van der Waals surface area contributed by atoms with Crippen molar-refractivity contribution in [1.82, 2.24) is 0 Å². The Hall–Kier alpha value is -1.67. The molecular weight excluding hydrogens is 374 g/mol. The summed E-state index contributed by atoms with van der Waals surface area (Å²) in [6.45, 7) is 6.41. The molecule has 0 saturated carbocycles. The molecular formula is C22H35NO6. The Kier molecular flexibility index (Phi) is 12.4. The Bertz CT molecular complexity index is 545. The molecule has 1 aliphatic heterocycles. The Morgan fingerprint density at radius 3 is 2.45 bits per heavy atom.